The summed E-state index contributed by atoms with van der Waals surface area (Å²) >= 11 is 6.42. The van der Waals surface area contributed by atoms with E-state index in [1.807, 2.05) is 0 Å². The summed E-state index contributed by atoms with van der Waals surface area (Å²) in [7, 11) is 0. The van der Waals surface area contributed by atoms with Gasteiger partial charge >= 0.3 is 0 Å². The third-order valence-corrected chi connectivity index (χ3v) is 5.25. The molecule has 104 valence electrons. The number of aryl methyl sites for hydroxylation is 1. The highest BCUT2D eigenvalue weighted by Gasteiger charge is 2.35. The highest BCUT2D eigenvalue weighted by molar-refractivity contribution is 6.33. The van der Waals surface area contributed by atoms with Gasteiger partial charge in [-0.2, -0.15) is 0 Å². The van der Waals surface area contributed by atoms with Crippen LogP contribution in [0.1, 0.15) is 61.6 Å². The average Bonchev–Trinajstić information content (AvgIpc) is 2.70. The first-order valence-corrected chi connectivity index (χ1v) is 7.82. The Balaban J connectivity index is 2.11. The van der Waals surface area contributed by atoms with Crippen LogP contribution in [0.2, 0.25) is 5.02 Å². The molecule has 19 heavy (non-hydrogen) atoms. The van der Waals surface area contributed by atoms with Crippen LogP contribution >= 0.6 is 11.6 Å². The maximum atomic E-state index is 10.5. The van der Waals surface area contributed by atoms with E-state index in [-0.39, 0.29) is 11.3 Å². The second kappa shape index (κ2) is 4.99. The highest BCUT2D eigenvalue weighted by atomic mass is 35.5. The van der Waals surface area contributed by atoms with Gasteiger partial charge < -0.3 is 10.8 Å². The second-order valence-electron chi connectivity index (χ2n) is 6.15. The van der Waals surface area contributed by atoms with Gasteiger partial charge in [0, 0.05) is 11.1 Å². The molecular weight excluding hydrogens is 258 g/mol. The van der Waals surface area contributed by atoms with Crippen LogP contribution in [0.4, 0.5) is 0 Å². The van der Waals surface area contributed by atoms with Gasteiger partial charge in [-0.15, -0.1) is 0 Å². The van der Waals surface area contributed by atoms with Gasteiger partial charge in [-0.1, -0.05) is 30.9 Å². The van der Waals surface area contributed by atoms with Gasteiger partial charge in [0.25, 0.3) is 0 Å². The number of halogens is 1. The molecule has 0 spiro atoms. The van der Waals surface area contributed by atoms with Crippen molar-refractivity contribution in [3.63, 3.8) is 0 Å². The Morgan fingerprint density at radius 3 is 2.47 bits per heavy atom. The van der Waals surface area contributed by atoms with Crippen molar-refractivity contribution < 1.29 is 5.11 Å². The predicted octanol–water partition coefficient (Wildman–Crippen LogP) is 4.04. The van der Waals surface area contributed by atoms with Crippen LogP contribution in [0, 0.1) is 0 Å². The molecule has 1 aromatic carbocycles. The SMILES string of the molecule is NC1(c2cc3c(c(Cl)c2O)CCCCC3)CCCC1. The standard InChI is InChI=1S/C16H22ClNO/c17-14-12-7-3-1-2-6-11(12)10-13(15(14)19)16(18)8-4-5-9-16/h10,19H,1-9,18H2. The molecule has 0 amide bonds. The summed E-state index contributed by atoms with van der Waals surface area (Å²) in [6.07, 6.45) is 9.87. The molecule has 2 aliphatic carbocycles. The maximum absolute atomic E-state index is 10.5. The molecule has 1 fully saturated rings. The summed E-state index contributed by atoms with van der Waals surface area (Å²) in [4.78, 5) is 0. The van der Waals surface area contributed by atoms with E-state index in [1.165, 1.54) is 24.8 Å². The van der Waals surface area contributed by atoms with Crippen LogP contribution in [0.15, 0.2) is 6.07 Å². The van der Waals surface area contributed by atoms with Crippen molar-refractivity contribution in [2.24, 2.45) is 5.73 Å². The molecular formula is C16H22ClNO. The lowest BCUT2D eigenvalue weighted by Gasteiger charge is -2.27. The number of nitrogens with two attached hydrogens (primary N) is 1. The Labute approximate surface area is 120 Å². The van der Waals surface area contributed by atoms with E-state index in [4.69, 9.17) is 17.3 Å². The fraction of sp³-hybridized carbons (Fsp3) is 0.625. The van der Waals surface area contributed by atoms with Crippen molar-refractivity contribution in [3.05, 3.63) is 27.8 Å². The van der Waals surface area contributed by atoms with Crippen molar-refractivity contribution in [2.75, 3.05) is 0 Å². The minimum atomic E-state index is -0.366. The third kappa shape index (κ3) is 2.25. The summed E-state index contributed by atoms with van der Waals surface area (Å²) in [6.45, 7) is 0. The number of hydrogen-bond donors (Lipinski definition) is 2. The lowest BCUT2D eigenvalue weighted by molar-refractivity contribution is 0.408. The van der Waals surface area contributed by atoms with Gasteiger partial charge in [-0.3, -0.25) is 0 Å². The van der Waals surface area contributed by atoms with Gasteiger partial charge in [0.1, 0.15) is 5.75 Å². The van der Waals surface area contributed by atoms with Gasteiger partial charge in [0.15, 0.2) is 0 Å². The fourth-order valence-corrected chi connectivity index (χ4v) is 3.99. The average molecular weight is 280 g/mol. The molecule has 0 atom stereocenters. The van der Waals surface area contributed by atoms with Gasteiger partial charge in [-0.25, -0.2) is 0 Å². The van der Waals surface area contributed by atoms with E-state index in [9.17, 15) is 5.11 Å². The summed E-state index contributed by atoms with van der Waals surface area (Å²) in [6, 6.07) is 2.15. The molecule has 1 saturated carbocycles. The minimum absolute atomic E-state index is 0.242. The summed E-state index contributed by atoms with van der Waals surface area (Å²) in [5.74, 6) is 0.242. The van der Waals surface area contributed by atoms with Crippen molar-refractivity contribution in [1.29, 1.82) is 0 Å². The van der Waals surface area contributed by atoms with Crippen LogP contribution < -0.4 is 5.73 Å². The molecule has 2 aliphatic rings. The Morgan fingerprint density at radius 2 is 1.74 bits per heavy atom. The Morgan fingerprint density at radius 1 is 1.05 bits per heavy atom. The van der Waals surface area contributed by atoms with Crippen LogP contribution in [0.25, 0.3) is 0 Å². The van der Waals surface area contributed by atoms with Gasteiger partial charge in [0.05, 0.1) is 5.02 Å². The number of hydrogen-bond acceptors (Lipinski definition) is 2. The molecule has 0 bridgehead atoms. The molecule has 3 rings (SSSR count). The molecule has 0 unspecified atom stereocenters. The zero-order chi connectivity index (χ0) is 13.5. The van der Waals surface area contributed by atoms with Crippen molar-refractivity contribution in [1.82, 2.24) is 0 Å². The van der Waals surface area contributed by atoms with Gasteiger partial charge in [-0.05, 0) is 55.7 Å². The Kier molecular flexibility index (Phi) is 3.48. The predicted molar refractivity (Wildman–Crippen MR) is 78.7 cm³/mol. The Bertz CT molecular complexity index is 492. The van der Waals surface area contributed by atoms with E-state index in [0.29, 0.717) is 5.02 Å². The number of fused-ring (bicyclic) bond motifs is 1. The molecule has 0 heterocycles. The zero-order valence-corrected chi connectivity index (χ0v) is 12.1. The van der Waals surface area contributed by atoms with Gasteiger partial charge in [0.2, 0.25) is 0 Å². The minimum Gasteiger partial charge on any atom is -0.506 e. The van der Waals surface area contributed by atoms with E-state index in [1.54, 1.807) is 0 Å². The molecule has 2 nitrogen and oxygen atoms in total. The number of benzene rings is 1. The first kappa shape index (κ1) is 13.3. The van der Waals surface area contributed by atoms with Crippen molar-refractivity contribution in [3.8, 4) is 5.75 Å². The first-order valence-electron chi connectivity index (χ1n) is 7.44. The molecule has 1 aromatic rings. The van der Waals surface area contributed by atoms with E-state index in [2.05, 4.69) is 6.07 Å². The Hall–Kier alpha value is -0.730. The van der Waals surface area contributed by atoms with Crippen LogP contribution in [-0.4, -0.2) is 5.11 Å². The largest absolute Gasteiger partial charge is 0.506 e. The van der Waals surface area contributed by atoms with Crippen LogP contribution in [0.3, 0.4) is 0 Å². The van der Waals surface area contributed by atoms with E-state index >= 15 is 0 Å². The maximum Gasteiger partial charge on any atom is 0.139 e. The molecule has 0 saturated heterocycles. The first-order chi connectivity index (χ1) is 9.12. The molecule has 0 aromatic heterocycles. The lowest BCUT2D eigenvalue weighted by Crippen LogP contribution is -2.33. The van der Waals surface area contributed by atoms with Crippen molar-refractivity contribution >= 4 is 11.6 Å². The normalized spacial score (nSPS) is 22.0. The topological polar surface area (TPSA) is 46.2 Å². The zero-order valence-electron chi connectivity index (χ0n) is 11.3. The van der Waals surface area contributed by atoms with Crippen LogP contribution in [-0.2, 0) is 18.4 Å². The van der Waals surface area contributed by atoms with E-state index in [0.717, 1.165) is 49.7 Å². The lowest BCUT2D eigenvalue weighted by atomic mass is 9.85. The monoisotopic (exact) mass is 279 g/mol. The number of phenolic OH excluding ortho intramolecular Hbond substituents is 1. The quantitative estimate of drug-likeness (QED) is 0.762. The summed E-state index contributed by atoms with van der Waals surface area (Å²) in [5.41, 5.74) is 9.49. The number of phenols is 1. The fourth-order valence-electron chi connectivity index (χ4n) is 3.67. The number of aromatic hydroxyl groups is 1. The smallest absolute Gasteiger partial charge is 0.139 e. The summed E-state index contributed by atoms with van der Waals surface area (Å²) in [5, 5.41) is 11.0. The second-order valence-corrected chi connectivity index (χ2v) is 6.53. The van der Waals surface area contributed by atoms with Crippen molar-refractivity contribution in [2.45, 2.75) is 63.3 Å². The third-order valence-electron chi connectivity index (χ3n) is 4.84. The molecule has 0 radical (unpaired) electrons. The molecule has 3 heteroatoms. The summed E-state index contributed by atoms with van der Waals surface area (Å²) < 4.78 is 0. The highest BCUT2D eigenvalue weighted by Crippen LogP contribution is 2.45. The molecule has 0 aliphatic heterocycles. The van der Waals surface area contributed by atoms with Crippen LogP contribution in [0.5, 0.6) is 5.75 Å². The number of rotatable bonds is 1. The molecule has 3 N–H and O–H groups in total. The van der Waals surface area contributed by atoms with E-state index < -0.39 is 0 Å².